The molecule has 5 heteroatoms. The predicted octanol–water partition coefficient (Wildman–Crippen LogP) is 1.13. The summed E-state index contributed by atoms with van der Waals surface area (Å²) in [6, 6.07) is 15.0. The van der Waals surface area contributed by atoms with Crippen molar-refractivity contribution in [3.63, 3.8) is 0 Å². The maximum Gasteiger partial charge on any atom is 0.256 e. The normalized spacial score (nSPS) is 23.1. The third-order valence-electron chi connectivity index (χ3n) is 4.67. The van der Waals surface area contributed by atoms with E-state index < -0.39 is 6.04 Å². The lowest BCUT2D eigenvalue weighted by Gasteiger charge is -2.20. The average molecular weight is 308 g/mol. The molecule has 0 bridgehead atoms. The second-order valence-corrected chi connectivity index (χ2v) is 6.11. The van der Waals surface area contributed by atoms with Crippen molar-refractivity contribution in [2.45, 2.75) is 18.5 Å². The summed E-state index contributed by atoms with van der Waals surface area (Å²) in [5, 5.41) is 2.89. The van der Waals surface area contributed by atoms with Crippen LogP contribution in [0.25, 0.3) is 11.1 Å². The van der Waals surface area contributed by atoms with Crippen LogP contribution in [0.4, 0.5) is 5.69 Å². The van der Waals surface area contributed by atoms with Gasteiger partial charge in [-0.1, -0.05) is 36.4 Å². The van der Waals surface area contributed by atoms with Gasteiger partial charge in [-0.3, -0.25) is 9.59 Å². The van der Waals surface area contributed by atoms with Crippen molar-refractivity contribution in [1.82, 2.24) is 4.90 Å². The van der Waals surface area contributed by atoms with Gasteiger partial charge in [0.1, 0.15) is 6.04 Å². The maximum atomic E-state index is 12.9. The van der Waals surface area contributed by atoms with E-state index in [-0.39, 0.29) is 17.9 Å². The zero-order valence-electron chi connectivity index (χ0n) is 12.7. The van der Waals surface area contributed by atoms with E-state index >= 15 is 0 Å². The van der Waals surface area contributed by atoms with Crippen molar-refractivity contribution in [3.8, 4) is 11.1 Å². The summed E-state index contributed by atoms with van der Waals surface area (Å²) in [5.41, 5.74) is 7.17. The summed E-state index contributed by atoms with van der Waals surface area (Å²) in [6.45, 7) is 0.583. The van der Waals surface area contributed by atoms with E-state index in [1.807, 2.05) is 48.5 Å². The van der Waals surface area contributed by atoms with Gasteiger partial charge in [-0.15, -0.1) is 0 Å². The molecule has 0 saturated carbocycles. The van der Waals surface area contributed by atoms with Crippen LogP contribution in [0.3, 0.4) is 0 Å². The average Bonchev–Trinajstić information content (AvgIpc) is 2.92. The molecule has 5 nitrogen and oxygen atoms in total. The van der Waals surface area contributed by atoms with Crippen molar-refractivity contribution >= 4 is 17.5 Å². The lowest BCUT2D eigenvalue weighted by atomic mass is 10.0. The fourth-order valence-electron chi connectivity index (χ4n) is 3.44. The second-order valence-electron chi connectivity index (χ2n) is 6.11. The number of benzene rings is 2. The lowest BCUT2D eigenvalue weighted by Crippen LogP contribution is -2.68. The number of rotatable bonds is 1. The monoisotopic (exact) mass is 308 g/mol. The SMILES string of the molecule is [NH3+][C@H]1CCN2C(=O)c3cc(-c4ccccc4)ccc3NC(=O)[C@H]12. The summed E-state index contributed by atoms with van der Waals surface area (Å²) in [6.07, 6.45) is 0.761. The molecule has 0 aliphatic carbocycles. The third-order valence-corrected chi connectivity index (χ3v) is 4.67. The van der Waals surface area contributed by atoms with Crippen molar-refractivity contribution in [2.24, 2.45) is 0 Å². The molecule has 0 spiro atoms. The molecule has 0 aromatic heterocycles. The summed E-state index contributed by atoms with van der Waals surface area (Å²) in [7, 11) is 0. The van der Waals surface area contributed by atoms with Gasteiger partial charge < -0.3 is 16.0 Å². The van der Waals surface area contributed by atoms with Crippen LogP contribution in [0.5, 0.6) is 0 Å². The molecular weight excluding hydrogens is 290 g/mol. The first-order chi connectivity index (χ1) is 11.1. The quantitative estimate of drug-likeness (QED) is 0.828. The summed E-state index contributed by atoms with van der Waals surface area (Å²) in [5.74, 6) is -0.227. The second kappa shape index (κ2) is 5.21. The highest BCUT2D eigenvalue weighted by Gasteiger charge is 2.45. The van der Waals surface area contributed by atoms with Crippen LogP contribution >= 0.6 is 0 Å². The first kappa shape index (κ1) is 14.0. The molecule has 2 aliphatic heterocycles. The molecule has 1 saturated heterocycles. The summed E-state index contributed by atoms with van der Waals surface area (Å²) in [4.78, 5) is 27.0. The minimum absolute atomic E-state index is 0.0538. The highest BCUT2D eigenvalue weighted by atomic mass is 16.2. The van der Waals surface area contributed by atoms with Crippen LogP contribution in [-0.2, 0) is 4.79 Å². The van der Waals surface area contributed by atoms with Gasteiger partial charge >= 0.3 is 0 Å². The molecule has 4 N–H and O–H groups in total. The molecule has 23 heavy (non-hydrogen) atoms. The summed E-state index contributed by atoms with van der Waals surface area (Å²) >= 11 is 0. The molecular formula is C18H18N3O2+. The van der Waals surface area contributed by atoms with Gasteiger partial charge in [0.05, 0.1) is 11.3 Å². The Morgan fingerprint density at radius 1 is 1.04 bits per heavy atom. The van der Waals surface area contributed by atoms with E-state index in [9.17, 15) is 9.59 Å². The highest BCUT2D eigenvalue weighted by molar-refractivity contribution is 6.11. The molecule has 0 radical (unpaired) electrons. The molecule has 2 atom stereocenters. The molecule has 2 aromatic rings. The van der Waals surface area contributed by atoms with Gasteiger partial charge in [-0.2, -0.15) is 0 Å². The number of hydrogen-bond donors (Lipinski definition) is 2. The predicted molar refractivity (Wildman–Crippen MR) is 86.6 cm³/mol. The Morgan fingerprint density at radius 2 is 1.83 bits per heavy atom. The zero-order chi connectivity index (χ0) is 16.0. The van der Waals surface area contributed by atoms with E-state index in [0.717, 1.165) is 17.5 Å². The van der Waals surface area contributed by atoms with E-state index in [4.69, 9.17) is 0 Å². The van der Waals surface area contributed by atoms with Crippen molar-refractivity contribution < 1.29 is 15.3 Å². The Labute approximate surface area is 134 Å². The van der Waals surface area contributed by atoms with Crippen molar-refractivity contribution in [3.05, 3.63) is 54.1 Å². The molecule has 2 heterocycles. The number of quaternary nitrogens is 1. The number of carbonyl (C=O) groups excluding carboxylic acids is 2. The minimum Gasteiger partial charge on any atom is -0.353 e. The van der Waals surface area contributed by atoms with Crippen LogP contribution in [0.15, 0.2) is 48.5 Å². The first-order valence-corrected chi connectivity index (χ1v) is 7.79. The fraction of sp³-hybridized carbons (Fsp3) is 0.222. The molecule has 1 fully saturated rings. The smallest absolute Gasteiger partial charge is 0.256 e. The van der Waals surface area contributed by atoms with Gasteiger partial charge in [0.2, 0.25) is 0 Å². The summed E-state index contributed by atoms with van der Waals surface area (Å²) < 4.78 is 0. The number of anilines is 1. The Balaban J connectivity index is 1.80. The lowest BCUT2D eigenvalue weighted by molar-refractivity contribution is -0.419. The third kappa shape index (κ3) is 2.21. The number of amides is 2. The van der Waals surface area contributed by atoms with E-state index in [0.29, 0.717) is 17.8 Å². The van der Waals surface area contributed by atoms with Gasteiger partial charge in [-0.25, -0.2) is 0 Å². The van der Waals surface area contributed by atoms with E-state index in [1.54, 1.807) is 4.90 Å². The maximum absolute atomic E-state index is 12.9. The standard InChI is InChI=1S/C18H17N3O2/c19-14-8-9-21-16(14)17(22)20-15-7-6-12(10-13(15)18(21)23)11-4-2-1-3-5-11/h1-7,10,14,16H,8-9,19H2,(H,20,22)/p+1/t14-,16-/m0/s1. The van der Waals surface area contributed by atoms with Crippen LogP contribution in [0.1, 0.15) is 16.8 Å². The van der Waals surface area contributed by atoms with Gasteiger partial charge in [-0.05, 0) is 23.3 Å². The van der Waals surface area contributed by atoms with Gasteiger partial charge in [0, 0.05) is 13.0 Å². The number of fused-ring (bicyclic) bond motifs is 2. The van der Waals surface area contributed by atoms with Crippen LogP contribution in [0, 0.1) is 0 Å². The molecule has 2 aromatic carbocycles. The Kier molecular flexibility index (Phi) is 3.16. The fourth-order valence-corrected chi connectivity index (χ4v) is 3.44. The topological polar surface area (TPSA) is 77.1 Å². The van der Waals surface area contributed by atoms with Crippen LogP contribution in [0.2, 0.25) is 0 Å². The minimum atomic E-state index is -0.463. The van der Waals surface area contributed by atoms with Gasteiger partial charge in [0.15, 0.2) is 6.04 Å². The van der Waals surface area contributed by atoms with E-state index in [2.05, 4.69) is 11.1 Å². The van der Waals surface area contributed by atoms with Crippen LogP contribution in [-0.4, -0.2) is 35.3 Å². The highest BCUT2D eigenvalue weighted by Crippen LogP contribution is 2.31. The Bertz CT molecular complexity index is 788. The van der Waals surface area contributed by atoms with Gasteiger partial charge in [0.25, 0.3) is 11.8 Å². The first-order valence-electron chi connectivity index (χ1n) is 7.79. The van der Waals surface area contributed by atoms with E-state index in [1.165, 1.54) is 0 Å². The van der Waals surface area contributed by atoms with Crippen molar-refractivity contribution in [1.29, 1.82) is 0 Å². The Morgan fingerprint density at radius 3 is 2.61 bits per heavy atom. The number of hydrogen-bond acceptors (Lipinski definition) is 2. The number of nitrogens with zero attached hydrogens (tertiary/aromatic N) is 1. The molecule has 2 aliphatic rings. The largest absolute Gasteiger partial charge is 0.353 e. The Hall–Kier alpha value is -2.66. The molecule has 2 amide bonds. The molecule has 0 unspecified atom stereocenters. The zero-order valence-corrected chi connectivity index (χ0v) is 12.7. The number of nitrogens with one attached hydrogen (secondary N) is 1. The molecule has 4 rings (SSSR count). The van der Waals surface area contributed by atoms with Crippen LogP contribution < -0.4 is 11.1 Å². The van der Waals surface area contributed by atoms with Crippen molar-refractivity contribution in [2.75, 3.05) is 11.9 Å². The number of carbonyl (C=O) groups is 2. The molecule has 116 valence electrons.